The van der Waals surface area contributed by atoms with Crippen LogP contribution in [0.1, 0.15) is 126 Å². The molecule has 0 aromatic carbocycles. The lowest BCUT2D eigenvalue weighted by Crippen LogP contribution is -2.63. The zero-order valence-electron chi connectivity index (χ0n) is 36.1. The van der Waals surface area contributed by atoms with Crippen LogP contribution in [0.3, 0.4) is 0 Å². The summed E-state index contributed by atoms with van der Waals surface area (Å²) in [4.78, 5) is 76.6. The Morgan fingerprint density at radius 2 is 1.71 bits per heavy atom. The van der Waals surface area contributed by atoms with Crippen molar-refractivity contribution in [2.75, 3.05) is 26.2 Å². The number of fused-ring (bicyclic) bond motifs is 5. The Kier molecular flexibility index (Phi) is 11.0. The maximum atomic E-state index is 15.2. The van der Waals surface area contributed by atoms with E-state index in [1.807, 2.05) is 20.8 Å². The van der Waals surface area contributed by atoms with Crippen molar-refractivity contribution in [3.05, 3.63) is 12.7 Å². The molecule has 324 valence electrons. The van der Waals surface area contributed by atoms with Crippen molar-refractivity contribution in [2.24, 2.45) is 39.4 Å². The molecule has 0 aromatic rings. The summed E-state index contributed by atoms with van der Waals surface area (Å²) in [5.41, 5.74) is -2.92. The second-order valence-electron chi connectivity index (χ2n) is 20.4. The number of nitrogens with one attached hydrogen (secondary N) is 4. The second kappa shape index (κ2) is 14.8. The monoisotopic (exact) mass is 827 g/mol. The van der Waals surface area contributed by atoms with Crippen LogP contribution in [0.5, 0.6) is 0 Å². The van der Waals surface area contributed by atoms with Crippen LogP contribution in [-0.2, 0) is 34.2 Å². The Hall–Kier alpha value is -3.04. The fraction of sp³-hybridized carbons (Fsp3) is 0.837. The largest absolute Gasteiger partial charge is 0.343 e. The van der Waals surface area contributed by atoms with Crippen LogP contribution in [0.4, 0.5) is 0 Å². The molecule has 5 amide bonds. The lowest BCUT2D eigenvalue weighted by Gasteiger charge is -2.42. The third-order valence-corrected chi connectivity index (χ3v) is 18.3. The fourth-order valence-corrected chi connectivity index (χ4v) is 14.6. The van der Waals surface area contributed by atoms with Crippen LogP contribution in [0, 0.1) is 39.4 Å². The first-order chi connectivity index (χ1) is 27.2. The van der Waals surface area contributed by atoms with Gasteiger partial charge in [0.15, 0.2) is 0 Å². The average molecular weight is 828 g/mol. The van der Waals surface area contributed by atoms with Gasteiger partial charge in [0, 0.05) is 30.5 Å². The fourth-order valence-electron chi connectivity index (χ4n) is 13.2. The van der Waals surface area contributed by atoms with E-state index in [4.69, 9.17) is 0 Å². The summed E-state index contributed by atoms with van der Waals surface area (Å²) in [6, 6.07) is -3.44. The van der Waals surface area contributed by atoms with Gasteiger partial charge in [-0.25, -0.2) is 4.72 Å². The van der Waals surface area contributed by atoms with E-state index < -0.39 is 63.1 Å². The van der Waals surface area contributed by atoms with Crippen molar-refractivity contribution < 1.29 is 32.4 Å². The van der Waals surface area contributed by atoms with Crippen molar-refractivity contribution in [1.82, 2.24) is 34.8 Å². The predicted molar refractivity (Wildman–Crippen MR) is 220 cm³/mol. The third kappa shape index (κ3) is 6.44. The molecule has 15 heteroatoms. The predicted octanol–water partition coefficient (Wildman–Crippen LogP) is 3.24. The maximum Gasteiger partial charge on any atom is 0.304 e. The number of hydrogen-bond donors (Lipinski definition) is 4. The Balaban J connectivity index is 1.24. The molecule has 4 aliphatic carbocycles. The van der Waals surface area contributed by atoms with E-state index in [9.17, 15) is 27.6 Å². The van der Waals surface area contributed by atoms with E-state index in [-0.39, 0.29) is 64.8 Å². The Morgan fingerprint density at radius 1 is 1.00 bits per heavy atom. The molecule has 3 aliphatic heterocycles. The van der Waals surface area contributed by atoms with E-state index in [0.29, 0.717) is 13.0 Å². The first-order valence-electron chi connectivity index (χ1n) is 22.1. The van der Waals surface area contributed by atoms with Crippen molar-refractivity contribution in [2.45, 2.75) is 162 Å². The quantitative estimate of drug-likeness (QED) is 0.230. The lowest BCUT2D eigenvalue weighted by atomic mass is 9.65. The summed E-state index contributed by atoms with van der Waals surface area (Å²) >= 11 is 0. The molecule has 7 rings (SSSR count). The topological polar surface area (TPSA) is 177 Å². The summed E-state index contributed by atoms with van der Waals surface area (Å²) in [7, 11) is -4.21. The van der Waals surface area contributed by atoms with E-state index in [2.05, 4.69) is 46.0 Å². The number of likely N-dealkylation sites (N-methyl/N-ethyl adjacent to an activating group) is 1. The molecule has 58 heavy (non-hydrogen) atoms. The SMILES string of the molecule is C=C[C@@H]1C[C@]1(NC(=O)[C@@H]1C[C@@]23CN1C(=O)[C@H](C(C)(C)C)NC(=O)[C@@H](NC(=O)[C@@H]1CCCN1CC)C1CCCC(C1)C2(C)C31CCC1)C(=O)NS(=O)(=O)N(CC)C(C)C. The lowest BCUT2D eigenvalue weighted by molar-refractivity contribution is -0.145. The van der Waals surface area contributed by atoms with Gasteiger partial charge < -0.3 is 20.9 Å². The van der Waals surface area contributed by atoms with E-state index in [1.54, 1.807) is 31.7 Å². The number of nitrogens with zero attached hydrogens (tertiary/aromatic N) is 3. The van der Waals surface area contributed by atoms with Gasteiger partial charge in [-0.15, -0.1) is 6.58 Å². The van der Waals surface area contributed by atoms with Gasteiger partial charge >= 0.3 is 10.2 Å². The van der Waals surface area contributed by atoms with Crippen molar-refractivity contribution in [1.29, 1.82) is 0 Å². The standard InChI is InChI=1S/C43H69N7O7S/c1-10-28-23-43(28,38(55)47-58(56,57)50(12-3)26(4)5)46-35(52)31-24-42-25-49(31)37(54)33(39(6,7)8)45-36(53)32(44-34(51)30-18-14-21-48(30)11-2)27-16-13-17-29(22-27)40(42,9)41(42)19-15-20-41/h10,26-33H,1,11-25H2,2-9H3,(H,44,51)(H,45,53)(H,46,52)(H,47,55)/t27?,28-,29?,30+,31+,32+,33-,40?,42-,43-/m1/s1. The van der Waals surface area contributed by atoms with Gasteiger partial charge in [0.1, 0.15) is 23.7 Å². The molecule has 7 aliphatic rings. The molecule has 4 saturated carbocycles. The third-order valence-electron chi connectivity index (χ3n) is 16.5. The first-order valence-corrected chi connectivity index (χ1v) is 23.6. The smallest absolute Gasteiger partial charge is 0.304 e. The van der Waals surface area contributed by atoms with Crippen molar-refractivity contribution in [3.63, 3.8) is 0 Å². The summed E-state index contributed by atoms with van der Waals surface area (Å²) in [6.45, 7) is 21.3. The number of likely N-dealkylation sites (tertiary alicyclic amines) is 1. The van der Waals surface area contributed by atoms with Gasteiger partial charge in [-0.1, -0.05) is 60.5 Å². The van der Waals surface area contributed by atoms with Gasteiger partial charge in [-0.2, -0.15) is 12.7 Å². The highest BCUT2D eigenvalue weighted by Gasteiger charge is 2.88. The van der Waals surface area contributed by atoms with Gasteiger partial charge in [0.05, 0.1) is 6.04 Å². The zero-order valence-corrected chi connectivity index (χ0v) is 36.9. The Bertz CT molecular complexity index is 1830. The van der Waals surface area contributed by atoms with Gasteiger partial charge in [0.2, 0.25) is 23.6 Å². The molecule has 0 aromatic heterocycles. The van der Waals surface area contributed by atoms with Gasteiger partial charge in [-0.3, -0.25) is 28.9 Å². The van der Waals surface area contributed by atoms with Crippen LogP contribution in [-0.4, -0.2) is 114 Å². The van der Waals surface area contributed by atoms with Gasteiger partial charge in [-0.05, 0) is 113 Å². The molecular formula is C43H69N7O7S. The molecule has 4 N–H and O–H groups in total. The molecule has 7 fully saturated rings. The van der Waals surface area contributed by atoms with Gasteiger partial charge in [0.25, 0.3) is 5.91 Å². The number of hydrogen-bond acceptors (Lipinski definition) is 8. The minimum atomic E-state index is -4.21. The normalized spacial score (nSPS) is 38.2. The van der Waals surface area contributed by atoms with Crippen LogP contribution in [0.2, 0.25) is 0 Å². The molecule has 3 saturated heterocycles. The number of carbonyl (C=O) groups is 5. The number of amides is 5. The maximum absolute atomic E-state index is 15.2. The minimum Gasteiger partial charge on any atom is -0.343 e. The Labute approximate surface area is 346 Å². The summed E-state index contributed by atoms with van der Waals surface area (Å²) in [5, 5.41) is 9.36. The minimum absolute atomic E-state index is 0.0696. The summed E-state index contributed by atoms with van der Waals surface area (Å²) in [5.74, 6) is -2.56. The molecule has 10 atom stereocenters. The van der Waals surface area contributed by atoms with Crippen molar-refractivity contribution >= 4 is 39.7 Å². The highest BCUT2D eigenvalue weighted by atomic mass is 32.2. The van der Waals surface area contributed by atoms with Crippen molar-refractivity contribution in [3.8, 4) is 0 Å². The molecule has 3 heterocycles. The highest BCUT2D eigenvalue weighted by Crippen LogP contribution is 2.91. The zero-order chi connectivity index (χ0) is 42.4. The van der Waals surface area contributed by atoms with Crippen LogP contribution < -0.4 is 20.7 Å². The average Bonchev–Trinajstić information content (AvgIpc) is 3.69. The number of carbonyl (C=O) groups excluding carboxylic acids is 5. The van der Waals surface area contributed by atoms with E-state index >= 15 is 4.79 Å². The van der Waals surface area contributed by atoms with Crippen LogP contribution >= 0.6 is 0 Å². The van der Waals surface area contributed by atoms with Crippen LogP contribution in [0.15, 0.2) is 12.7 Å². The molecule has 2 spiro atoms. The molecule has 14 nitrogen and oxygen atoms in total. The molecular weight excluding hydrogens is 759 g/mol. The number of rotatable bonds is 11. The first kappa shape index (κ1) is 43.1. The van der Waals surface area contributed by atoms with E-state index in [0.717, 1.165) is 70.9 Å². The van der Waals surface area contributed by atoms with Crippen LogP contribution in [0.25, 0.3) is 0 Å². The van der Waals surface area contributed by atoms with E-state index in [1.165, 1.54) is 4.31 Å². The summed E-state index contributed by atoms with van der Waals surface area (Å²) in [6.07, 6.45) is 10.4. The summed E-state index contributed by atoms with van der Waals surface area (Å²) < 4.78 is 30.2. The molecule has 3 unspecified atom stereocenters. The highest BCUT2D eigenvalue weighted by molar-refractivity contribution is 7.87. The second-order valence-corrected chi connectivity index (χ2v) is 22.0. The molecule has 4 bridgehead atoms. The Morgan fingerprint density at radius 3 is 2.28 bits per heavy atom. The molecule has 0 radical (unpaired) electrons.